The Hall–Kier alpha value is -3.86. The zero-order valence-corrected chi connectivity index (χ0v) is 26.1. The number of hydrogen-bond acceptors (Lipinski definition) is 6. The van der Waals surface area contributed by atoms with Gasteiger partial charge in [0.05, 0.1) is 37.3 Å². The van der Waals surface area contributed by atoms with Crippen LogP contribution in [-0.2, 0) is 15.1 Å². The minimum absolute atomic E-state index is 0.250. The number of fused-ring (bicyclic) bond motifs is 6. The van der Waals surface area contributed by atoms with Crippen LogP contribution in [0.3, 0.4) is 0 Å². The van der Waals surface area contributed by atoms with Crippen molar-refractivity contribution in [3.63, 3.8) is 0 Å². The molecular formula is C33H32F4N2O4Si. The van der Waals surface area contributed by atoms with Crippen LogP contribution in [0.1, 0.15) is 58.2 Å². The number of rotatable bonds is 3. The highest BCUT2D eigenvalue weighted by Gasteiger charge is 2.57. The third-order valence-corrected chi connectivity index (χ3v) is 12.6. The lowest BCUT2D eigenvalue weighted by Gasteiger charge is -2.46. The number of hydrogen-bond donors (Lipinski definition) is 0. The number of halogens is 4. The first-order valence-electron chi connectivity index (χ1n) is 14.6. The summed E-state index contributed by atoms with van der Waals surface area (Å²) in [5.41, 5.74) is 1.53. The summed E-state index contributed by atoms with van der Waals surface area (Å²) in [6.45, 7) is 7.99. The first kappa shape index (κ1) is 28.9. The van der Waals surface area contributed by atoms with E-state index in [2.05, 4.69) is 13.1 Å². The van der Waals surface area contributed by atoms with Gasteiger partial charge in [-0.1, -0.05) is 25.2 Å². The SMILES string of the molecule is CC(C)(C)OC(=O)c1ccc2c(c1)C1(OC2=O)c2ccc(N3CC(F)(F)C3)cc2[Si](C)(C)c2cc(N3CC(F)(F)C3)ccc21. The lowest BCUT2D eigenvalue weighted by molar-refractivity contribution is -0.0268. The molecule has 1 spiro atoms. The number of ether oxygens (including phenoxy) is 2. The Kier molecular flexibility index (Phi) is 5.82. The summed E-state index contributed by atoms with van der Waals surface area (Å²) >= 11 is 0. The predicted molar refractivity (Wildman–Crippen MR) is 161 cm³/mol. The van der Waals surface area contributed by atoms with Crippen LogP contribution in [0.4, 0.5) is 28.9 Å². The smallest absolute Gasteiger partial charge is 0.340 e. The van der Waals surface area contributed by atoms with Crippen molar-refractivity contribution in [1.29, 1.82) is 0 Å². The standard InChI is InChI=1S/C33H32F4N2O4Si/c1-30(2,3)42-28(40)19-6-9-22-25(12-19)33(43-29(22)41)23-10-7-20(38-15-31(34,35)16-38)13-26(23)44(4,5)27-14-21(8-11-24(27)33)39-17-32(36,37)18-39/h6-14H,15-18H2,1-5H3. The molecule has 3 aromatic rings. The fraction of sp³-hybridized carbons (Fsp3) is 0.394. The molecule has 0 atom stereocenters. The van der Waals surface area contributed by atoms with Crippen LogP contribution in [0, 0.1) is 0 Å². The Bertz CT molecular complexity index is 1670. The van der Waals surface area contributed by atoms with E-state index < -0.39 is 43.1 Å². The summed E-state index contributed by atoms with van der Waals surface area (Å²) in [5.74, 6) is -6.64. The molecule has 4 aliphatic rings. The fourth-order valence-corrected chi connectivity index (χ4v) is 10.1. The van der Waals surface area contributed by atoms with Crippen LogP contribution in [0.5, 0.6) is 0 Å². The van der Waals surface area contributed by atoms with Crippen LogP contribution >= 0.6 is 0 Å². The molecule has 0 aliphatic carbocycles. The average Bonchev–Trinajstić information content (AvgIpc) is 3.20. The summed E-state index contributed by atoms with van der Waals surface area (Å²) in [5, 5.41) is 1.76. The summed E-state index contributed by atoms with van der Waals surface area (Å²) in [6.07, 6.45) is 0. The maximum Gasteiger partial charge on any atom is 0.340 e. The number of nitrogens with zero attached hydrogens (tertiary/aromatic N) is 2. The predicted octanol–water partition coefficient (Wildman–Crippen LogP) is 5.15. The van der Waals surface area contributed by atoms with Crippen LogP contribution in [-0.4, -0.2) is 63.6 Å². The largest absolute Gasteiger partial charge is 0.456 e. The minimum atomic E-state index is -2.76. The maximum atomic E-state index is 13.8. The van der Waals surface area contributed by atoms with Gasteiger partial charge in [-0.2, -0.15) is 0 Å². The molecule has 44 heavy (non-hydrogen) atoms. The Balaban J connectivity index is 1.44. The van der Waals surface area contributed by atoms with Crippen LogP contribution in [0.15, 0.2) is 54.6 Å². The molecule has 3 aromatic carbocycles. The van der Waals surface area contributed by atoms with Crippen molar-refractivity contribution in [2.75, 3.05) is 36.0 Å². The molecule has 4 aliphatic heterocycles. The van der Waals surface area contributed by atoms with E-state index in [1.807, 2.05) is 24.3 Å². The van der Waals surface area contributed by atoms with Gasteiger partial charge >= 0.3 is 11.9 Å². The van der Waals surface area contributed by atoms with Crippen molar-refractivity contribution < 1.29 is 36.6 Å². The number of benzene rings is 3. The van der Waals surface area contributed by atoms with E-state index >= 15 is 0 Å². The molecule has 0 aromatic heterocycles. The van der Waals surface area contributed by atoms with Gasteiger partial charge < -0.3 is 19.3 Å². The van der Waals surface area contributed by atoms with Gasteiger partial charge in [0, 0.05) is 28.1 Å². The number of esters is 2. The molecule has 4 heterocycles. The van der Waals surface area contributed by atoms with Gasteiger partial charge in [-0.25, -0.2) is 27.2 Å². The summed E-state index contributed by atoms with van der Waals surface area (Å²) < 4.78 is 67.4. The Morgan fingerprint density at radius 2 is 1.30 bits per heavy atom. The monoisotopic (exact) mass is 624 g/mol. The average molecular weight is 625 g/mol. The van der Waals surface area contributed by atoms with Gasteiger partial charge in [0.25, 0.3) is 11.8 Å². The minimum Gasteiger partial charge on any atom is -0.456 e. The van der Waals surface area contributed by atoms with E-state index in [1.54, 1.807) is 54.8 Å². The first-order chi connectivity index (χ1) is 20.4. The molecule has 2 fully saturated rings. The van der Waals surface area contributed by atoms with Crippen molar-refractivity contribution in [3.8, 4) is 0 Å². The normalized spacial score (nSPS) is 21.4. The van der Waals surface area contributed by atoms with Gasteiger partial charge in [0.2, 0.25) is 0 Å². The molecule has 0 bridgehead atoms. The van der Waals surface area contributed by atoms with Crippen molar-refractivity contribution in [2.45, 2.75) is 56.9 Å². The highest BCUT2D eigenvalue weighted by Crippen LogP contribution is 2.50. The third-order valence-electron chi connectivity index (χ3n) is 9.03. The van der Waals surface area contributed by atoms with E-state index in [0.29, 0.717) is 33.6 Å². The van der Waals surface area contributed by atoms with Gasteiger partial charge in [-0.15, -0.1) is 0 Å². The van der Waals surface area contributed by atoms with E-state index in [-0.39, 0.29) is 31.7 Å². The van der Waals surface area contributed by atoms with Crippen molar-refractivity contribution in [3.05, 3.63) is 82.4 Å². The first-order valence-corrected chi connectivity index (χ1v) is 17.6. The second-order valence-electron chi connectivity index (χ2n) is 13.8. The zero-order valence-electron chi connectivity index (χ0n) is 25.1. The van der Waals surface area contributed by atoms with E-state index in [0.717, 1.165) is 10.4 Å². The molecule has 2 saturated heterocycles. The lowest BCUT2D eigenvalue weighted by Crippen LogP contribution is -2.64. The molecule has 0 unspecified atom stereocenters. The second-order valence-corrected chi connectivity index (χ2v) is 18.2. The van der Waals surface area contributed by atoms with Gasteiger partial charge in [-0.05, 0) is 73.6 Å². The van der Waals surface area contributed by atoms with E-state index in [4.69, 9.17) is 9.47 Å². The fourth-order valence-electron chi connectivity index (χ4n) is 6.91. The quantitative estimate of drug-likeness (QED) is 0.228. The Morgan fingerprint density at radius 1 is 0.795 bits per heavy atom. The molecule has 0 saturated carbocycles. The molecule has 7 rings (SSSR count). The number of carbonyl (C=O) groups is 2. The van der Waals surface area contributed by atoms with Gasteiger partial charge in [0.1, 0.15) is 13.7 Å². The summed E-state index contributed by atoms with van der Waals surface area (Å²) in [7, 11) is -2.65. The highest BCUT2D eigenvalue weighted by molar-refractivity contribution is 7.01. The van der Waals surface area contributed by atoms with Crippen LogP contribution in [0.25, 0.3) is 0 Å². The number of anilines is 2. The Morgan fingerprint density at radius 3 is 1.75 bits per heavy atom. The highest BCUT2D eigenvalue weighted by atomic mass is 28.3. The summed E-state index contributed by atoms with van der Waals surface area (Å²) in [6, 6.07) is 15.8. The van der Waals surface area contributed by atoms with Crippen molar-refractivity contribution >= 4 is 41.8 Å². The molecule has 0 amide bonds. The molecule has 0 N–H and O–H groups in total. The molecule has 230 valence electrons. The lowest BCUT2D eigenvalue weighted by atomic mass is 9.78. The van der Waals surface area contributed by atoms with Gasteiger partial charge in [0.15, 0.2) is 5.60 Å². The second kappa shape index (κ2) is 8.86. The van der Waals surface area contributed by atoms with Crippen molar-refractivity contribution in [2.24, 2.45) is 0 Å². The molecular weight excluding hydrogens is 592 g/mol. The number of alkyl halides is 4. The summed E-state index contributed by atoms with van der Waals surface area (Å²) in [4.78, 5) is 29.9. The molecule has 11 heteroatoms. The van der Waals surface area contributed by atoms with E-state index in [1.165, 1.54) is 6.07 Å². The third kappa shape index (κ3) is 4.26. The van der Waals surface area contributed by atoms with Gasteiger partial charge in [-0.3, -0.25) is 0 Å². The number of carbonyl (C=O) groups excluding carboxylic acids is 2. The zero-order chi connectivity index (χ0) is 31.6. The molecule has 6 nitrogen and oxygen atoms in total. The van der Waals surface area contributed by atoms with Crippen LogP contribution < -0.4 is 20.2 Å². The van der Waals surface area contributed by atoms with Crippen LogP contribution in [0.2, 0.25) is 13.1 Å². The van der Waals surface area contributed by atoms with E-state index in [9.17, 15) is 27.2 Å². The maximum absolute atomic E-state index is 13.8. The molecule has 0 radical (unpaired) electrons. The van der Waals surface area contributed by atoms with Crippen molar-refractivity contribution in [1.82, 2.24) is 0 Å². The topological polar surface area (TPSA) is 59.1 Å². The Labute approximate surface area is 253 Å².